The van der Waals surface area contributed by atoms with Crippen molar-refractivity contribution in [3.8, 4) is 0 Å². The quantitative estimate of drug-likeness (QED) is 0.783. The molecule has 0 aliphatic carbocycles. The highest BCUT2D eigenvalue weighted by Crippen LogP contribution is 2.19. The molecule has 5 heteroatoms. The van der Waals surface area contributed by atoms with E-state index in [4.69, 9.17) is 0 Å². The lowest BCUT2D eigenvalue weighted by Crippen LogP contribution is -2.48. The van der Waals surface area contributed by atoms with Gasteiger partial charge in [-0.1, -0.05) is 20.8 Å². The lowest BCUT2D eigenvalue weighted by Gasteiger charge is -2.26. The zero-order valence-electron chi connectivity index (χ0n) is 10.8. The van der Waals surface area contributed by atoms with Gasteiger partial charge in [-0.2, -0.15) is 0 Å². The van der Waals surface area contributed by atoms with Crippen LogP contribution in [0.5, 0.6) is 0 Å². The van der Waals surface area contributed by atoms with E-state index in [1.54, 1.807) is 0 Å². The predicted octanol–water partition coefficient (Wildman–Crippen LogP) is 1.09. The summed E-state index contributed by atoms with van der Waals surface area (Å²) in [6, 6.07) is 0. The fraction of sp³-hybridized carbons (Fsp3) is 1.00. The summed E-state index contributed by atoms with van der Waals surface area (Å²) >= 11 is 0. The molecule has 2 N–H and O–H groups in total. The van der Waals surface area contributed by atoms with E-state index in [1.165, 1.54) is 0 Å². The van der Waals surface area contributed by atoms with E-state index in [9.17, 15) is 8.42 Å². The van der Waals surface area contributed by atoms with Crippen LogP contribution in [0.1, 0.15) is 40.5 Å². The molecule has 1 unspecified atom stereocenters. The third kappa shape index (κ3) is 4.80. The van der Waals surface area contributed by atoms with Crippen molar-refractivity contribution in [2.75, 3.05) is 18.8 Å². The Balaban J connectivity index is 2.48. The highest BCUT2D eigenvalue weighted by atomic mass is 32.2. The first-order chi connectivity index (χ1) is 7.12. The molecule has 0 aromatic rings. The van der Waals surface area contributed by atoms with Gasteiger partial charge in [0.2, 0.25) is 10.0 Å². The molecule has 1 aliphatic rings. The fourth-order valence-electron chi connectivity index (χ4n) is 2.00. The molecule has 0 spiro atoms. The van der Waals surface area contributed by atoms with Gasteiger partial charge < -0.3 is 5.32 Å². The van der Waals surface area contributed by atoms with Gasteiger partial charge in [0.1, 0.15) is 0 Å². The molecule has 1 aliphatic heterocycles. The first-order valence-electron chi connectivity index (χ1n) is 5.84. The van der Waals surface area contributed by atoms with Gasteiger partial charge >= 0.3 is 0 Å². The molecule has 16 heavy (non-hydrogen) atoms. The second kappa shape index (κ2) is 4.63. The monoisotopic (exact) mass is 248 g/mol. The van der Waals surface area contributed by atoms with E-state index in [2.05, 4.69) is 17.0 Å². The Hall–Kier alpha value is -0.130. The summed E-state index contributed by atoms with van der Waals surface area (Å²) < 4.78 is 26.3. The molecule has 0 radical (unpaired) electrons. The van der Waals surface area contributed by atoms with E-state index in [1.807, 2.05) is 20.8 Å². The third-order valence-electron chi connectivity index (χ3n) is 2.76. The van der Waals surface area contributed by atoms with E-state index in [-0.39, 0.29) is 16.7 Å². The summed E-state index contributed by atoms with van der Waals surface area (Å²) in [6.45, 7) is 9.34. The molecule has 96 valence electrons. The second-order valence-electron chi connectivity index (χ2n) is 6.23. The zero-order chi connectivity index (χ0) is 12.4. The summed E-state index contributed by atoms with van der Waals surface area (Å²) in [7, 11) is -3.15. The third-order valence-corrected chi connectivity index (χ3v) is 4.59. The maximum absolute atomic E-state index is 11.8. The van der Waals surface area contributed by atoms with Crippen LogP contribution < -0.4 is 10.0 Å². The van der Waals surface area contributed by atoms with Gasteiger partial charge in [0.25, 0.3) is 0 Å². The van der Waals surface area contributed by atoms with E-state index < -0.39 is 10.0 Å². The summed E-state index contributed by atoms with van der Waals surface area (Å²) in [5.74, 6) is 0.177. The molecule has 1 atom stereocenters. The molecule has 1 heterocycles. The highest BCUT2D eigenvalue weighted by molar-refractivity contribution is 7.89. The predicted molar refractivity (Wildman–Crippen MR) is 66.9 cm³/mol. The van der Waals surface area contributed by atoms with Crippen molar-refractivity contribution in [2.24, 2.45) is 5.41 Å². The van der Waals surface area contributed by atoms with Crippen molar-refractivity contribution in [3.05, 3.63) is 0 Å². The van der Waals surface area contributed by atoms with Crippen LogP contribution in [0.25, 0.3) is 0 Å². The summed E-state index contributed by atoms with van der Waals surface area (Å²) in [6.07, 6.45) is 2.16. The average molecular weight is 248 g/mol. The number of nitrogens with one attached hydrogen (secondary N) is 2. The van der Waals surface area contributed by atoms with Gasteiger partial charge in [0, 0.05) is 12.1 Å². The fourth-order valence-corrected chi connectivity index (χ4v) is 3.78. The molecule has 1 rings (SSSR count). The Morgan fingerprint density at radius 2 is 2.00 bits per heavy atom. The average Bonchev–Trinajstić information content (AvgIpc) is 2.46. The van der Waals surface area contributed by atoms with Crippen molar-refractivity contribution in [2.45, 2.75) is 46.1 Å². The van der Waals surface area contributed by atoms with E-state index in [0.29, 0.717) is 6.54 Å². The van der Waals surface area contributed by atoms with Crippen LogP contribution in [0.15, 0.2) is 0 Å². The largest absolute Gasteiger partial charge is 0.310 e. The Bertz CT molecular complexity index is 324. The molecular formula is C11H24N2O2S. The second-order valence-corrected chi connectivity index (χ2v) is 8.04. The van der Waals surface area contributed by atoms with Crippen molar-refractivity contribution in [3.63, 3.8) is 0 Å². The lowest BCUT2D eigenvalue weighted by molar-refractivity contribution is 0.404. The molecule has 1 saturated heterocycles. The molecule has 0 amide bonds. The Kier molecular flexibility index (Phi) is 4.03. The standard InChI is InChI=1S/C11H24N2O2S/c1-10(2,3)9-16(14,15)13-8-11(4)6-5-7-12-11/h12-13H,5-9H2,1-4H3. The molecule has 0 saturated carbocycles. The van der Waals surface area contributed by atoms with Gasteiger partial charge in [-0.25, -0.2) is 13.1 Å². The normalized spacial score (nSPS) is 27.2. The maximum atomic E-state index is 11.8. The minimum Gasteiger partial charge on any atom is -0.310 e. The molecule has 4 nitrogen and oxygen atoms in total. The van der Waals surface area contributed by atoms with E-state index in [0.717, 1.165) is 19.4 Å². The topological polar surface area (TPSA) is 58.2 Å². The van der Waals surface area contributed by atoms with E-state index >= 15 is 0 Å². The summed E-state index contributed by atoms with van der Waals surface area (Å²) in [5, 5.41) is 3.34. The minimum absolute atomic E-state index is 0.0645. The number of sulfonamides is 1. The zero-order valence-corrected chi connectivity index (χ0v) is 11.6. The molecule has 0 aromatic carbocycles. The van der Waals surface area contributed by atoms with Crippen molar-refractivity contribution in [1.29, 1.82) is 0 Å². The number of hydrogen-bond acceptors (Lipinski definition) is 3. The van der Waals surface area contributed by atoms with Crippen LogP contribution in [0.2, 0.25) is 0 Å². The van der Waals surface area contributed by atoms with Gasteiger partial charge in [0.15, 0.2) is 0 Å². The van der Waals surface area contributed by atoms with Crippen molar-refractivity contribution >= 4 is 10.0 Å². The first kappa shape index (κ1) is 13.9. The SMILES string of the molecule is CC(C)(C)CS(=O)(=O)NCC1(C)CCCN1. The summed E-state index contributed by atoms with van der Waals surface area (Å²) in [5.41, 5.74) is -0.263. The van der Waals surface area contributed by atoms with Gasteiger partial charge in [-0.3, -0.25) is 0 Å². The van der Waals surface area contributed by atoms with Crippen LogP contribution >= 0.6 is 0 Å². The lowest BCUT2D eigenvalue weighted by atomic mass is 10.0. The number of rotatable bonds is 4. The Labute approximate surface area is 99.2 Å². The Morgan fingerprint density at radius 1 is 1.38 bits per heavy atom. The minimum atomic E-state index is -3.15. The first-order valence-corrected chi connectivity index (χ1v) is 7.50. The smallest absolute Gasteiger partial charge is 0.212 e. The maximum Gasteiger partial charge on any atom is 0.212 e. The molecular weight excluding hydrogens is 224 g/mol. The van der Waals surface area contributed by atoms with Gasteiger partial charge in [0.05, 0.1) is 5.75 Å². The van der Waals surface area contributed by atoms with Crippen LogP contribution in [0, 0.1) is 5.41 Å². The highest BCUT2D eigenvalue weighted by Gasteiger charge is 2.30. The van der Waals surface area contributed by atoms with Gasteiger partial charge in [-0.05, 0) is 31.7 Å². The molecule has 1 fully saturated rings. The van der Waals surface area contributed by atoms with Crippen LogP contribution in [-0.2, 0) is 10.0 Å². The van der Waals surface area contributed by atoms with Crippen molar-refractivity contribution in [1.82, 2.24) is 10.0 Å². The van der Waals surface area contributed by atoms with Crippen LogP contribution in [-0.4, -0.2) is 32.8 Å². The number of hydrogen-bond donors (Lipinski definition) is 2. The van der Waals surface area contributed by atoms with Gasteiger partial charge in [-0.15, -0.1) is 0 Å². The van der Waals surface area contributed by atoms with Crippen molar-refractivity contribution < 1.29 is 8.42 Å². The van der Waals surface area contributed by atoms with Crippen LogP contribution in [0.3, 0.4) is 0 Å². The Morgan fingerprint density at radius 3 is 2.44 bits per heavy atom. The molecule has 0 bridgehead atoms. The van der Waals surface area contributed by atoms with Crippen LogP contribution in [0.4, 0.5) is 0 Å². The summed E-state index contributed by atoms with van der Waals surface area (Å²) in [4.78, 5) is 0. The molecule has 0 aromatic heterocycles.